The molecule has 2 N–H and O–H groups in total. The van der Waals surface area contributed by atoms with E-state index in [0.29, 0.717) is 10.9 Å². The molecule has 2 aromatic rings. The number of rotatable bonds is 8. The highest BCUT2D eigenvalue weighted by Crippen LogP contribution is 2.15. The largest absolute Gasteiger partial charge is 0.356 e. The van der Waals surface area contributed by atoms with Crippen molar-refractivity contribution in [1.82, 2.24) is 20.4 Å². The van der Waals surface area contributed by atoms with E-state index in [-0.39, 0.29) is 36.3 Å². The molecule has 144 valence electrons. The summed E-state index contributed by atoms with van der Waals surface area (Å²) in [5.41, 5.74) is 0. The number of benzene rings is 1. The van der Waals surface area contributed by atoms with E-state index in [4.69, 9.17) is 0 Å². The first-order valence-electron chi connectivity index (χ1n) is 7.91. The van der Waals surface area contributed by atoms with Crippen molar-refractivity contribution >= 4 is 55.7 Å². The first-order valence-corrected chi connectivity index (χ1v) is 10.4. The summed E-state index contributed by atoms with van der Waals surface area (Å²) in [7, 11) is -1.65. The molecule has 0 aliphatic carbocycles. The zero-order chi connectivity index (χ0) is 18.1. The number of hydrogen-bond donors (Lipinski definition) is 2. The first kappa shape index (κ1) is 22.9. The van der Waals surface area contributed by atoms with Crippen molar-refractivity contribution in [1.29, 1.82) is 0 Å². The van der Waals surface area contributed by atoms with E-state index < -0.39 is 9.84 Å². The van der Waals surface area contributed by atoms with Crippen molar-refractivity contribution in [2.45, 2.75) is 17.9 Å². The van der Waals surface area contributed by atoms with Gasteiger partial charge in [0.2, 0.25) is 0 Å². The molecular weight excluding hydrogens is 533 g/mol. The van der Waals surface area contributed by atoms with Crippen molar-refractivity contribution in [2.75, 3.05) is 25.9 Å². The molecule has 26 heavy (non-hydrogen) atoms. The molecule has 0 saturated heterocycles. The average Bonchev–Trinajstić information content (AvgIpc) is 3.10. The van der Waals surface area contributed by atoms with Gasteiger partial charge in [0.15, 0.2) is 15.8 Å². The Bertz CT molecular complexity index is 779. The number of aliphatic imine (C=N–C) groups is 1. The maximum absolute atomic E-state index is 12.3. The number of sulfone groups is 1. The third kappa shape index (κ3) is 7.62. The molecule has 0 radical (unpaired) electrons. The van der Waals surface area contributed by atoms with Gasteiger partial charge >= 0.3 is 0 Å². The van der Waals surface area contributed by atoms with Crippen molar-refractivity contribution in [3.05, 3.63) is 47.2 Å². The fourth-order valence-corrected chi connectivity index (χ4v) is 3.59. The molecule has 7 nitrogen and oxygen atoms in total. The van der Waals surface area contributed by atoms with Crippen LogP contribution in [0.2, 0.25) is 0 Å². The Labute approximate surface area is 179 Å². The van der Waals surface area contributed by atoms with Crippen molar-refractivity contribution in [2.24, 2.45) is 4.99 Å². The normalized spacial score (nSPS) is 11.7. The molecule has 1 aromatic heterocycles. The summed E-state index contributed by atoms with van der Waals surface area (Å²) in [6, 6.07) is 8.53. The predicted octanol–water partition coefficient (Wildman–Crippen LogP) is 2.29. The molecule has 1 heterocycles. The van der Waals surface area contributed by atoms with Gasteiger partial charge in [-0.2, -0.15) is 5.10 Å². The predicted molar refractivity (Wildman–Crippen MR) is 118 cm³/mol. The molecule has 0 amide bonds. The Morgan fingerprint density at radius 3 is 2.54 bits per heavy atom. The minimum atomic E-state index is -3.31. The molecule has 0 bridgehead atoms. The van der Waals surface area contributed by atoms with Crippen LogP contribution in [0.1, 0.15) is 6.42 Å². The highest BCUT2D eigenvalue weighted by Gasteiger charge is 2.14. The van der Waals surface area contributed by atoms with Crippen LogP contribution in [0.4, 0.5) is 0 Å². The molecule has 0 aliphatic heterocycles. The van der Waals surface area contributed by atoms with Gasteiger partial charge in [0.25, 0.3) is 0 Å². The topological polar surface area (TPSA) is 88.4 Å². The van der Waals surface area contributed by atoms with Crippen molar-refractivity contribution in [3.8, 4) is 0 Å². The molecule has 0 spiro atoms. The number of aryl methyl sites for hydroxylation is 1. The summed E-state index contributed by atoms with van der Waals surface area (Å²) in [6.07, 6.45) is 4.55. The monoisotopic (exact) mass is 555 g/mol. The van der Waals surface area contributed by atoms with Crippen LogP contribution in [0.5, 0.6) is 0 Å². The third-order valence-corrected chi connectivity index (χ3v) is 5.74. The van der Waals surface area contributed by atoms with Crippen LogP contribution in [0.25, 0.3) is 0 Å². The Hall–Kier alpha value is -1.14. The van der Waals surface area contributed by atoms with Crippen LogP contribution in [-0.4, -0.2) is 50.0 Å². The van der Waals surface area contributed by atoms with E-state index in [1.54, 1.807) is 37.5 Å². The van der Waals surface area contributed by atoms with Crippen LogP contribution in [0.3, 0.4) is 0 Å². The smallest absolute Gasteiger partial charge is 0.191 e. The van der Waals surface area contributed by atoms with Gasteiger partial charge < -0.3 is 10.6 Å². The summed E-state index contributed by atoms with van der Waals surface area (Å²) in [5.74, 6) is 0.592. The molecule has 0 atom stereocenters. The minimum absolute atomic E-state index is 0. The lowest BCUT2D eigenvalue weighted by Gasteiger charge is -2.12. The van der Waals surface area contributed by atoms with Crippen LogP contribution >= 0.6 is 39.9 Å². The highest BCUT2D eigenvalue weighted by molar-refractivity contribution is 14.0. The second-order valence-corrected chi connectivity index (χ2v) is 8.35. The Balaban J connectivity index is 0.00000338. The van der Waals surface area contributed by atoms with Crippen molar-refractivity contribution in [3.63, 3.8) is 0 Å². The second kappa shape index (κ2) is 11.5. The van der Waals surface area contributed by atoms with Gasteiger partial charge in [0.1, 0.15) is 0 Å². The third-order valence-electron chi connectivity index (χ3n) is 3.48. The maximum atomic E-state index is 12.3. The zero-order valence-corrected chi connectivity index (χ0v) is 19.2. The lowest BCUT2D eigenvalue weighted by molar-refractivity contribution is 0.570. The fraction of sp³-hybridized carbons (Fsp3) is 0.375. The standard InChI is InChI=1S/C16H22BrN5O2S.HI/c1-18-16(19-8-2-11-22-12-3-9-21-22)20-10-13-25(23,24)15-6-4-14(17)5-7-15;/h3-7,9,12H,2,8,10-11,13H2,1H3,(H2,18,19,20);1H. The molecule has 2 rings (SSSR count). The summed E-state index contributed by atoms with van der Waals surface area (Å²) >= 11 is 3.30. The fourth-order valence-electron chi connectivity index (χ4n) is 2.16. The number of nitrogens with one attached hydrogen (secondary N) is 2. The second-order valence-electron chi connectivity index (χ2n) is 5.32. The maximum Gasteiger partial charge on any atom is 0.191 e. The van der Waals surface area contributed by atoms with E-state index in [1.165, 1.54) is 0 Å². The van der Waals surface area contributed by atoms with Crippen LogP contribution in [-0.2, 0) is 16.4 Å². The Morgan fingerprint density at radius 2 is 1.92 bits per heavy atom. The SMILES string of the molecule is CN=C(NCCCn1cccn1)NCCS(=O)(=O)c1ccc(Br)cc1.I. The molecule has 0 aliphatic rings. The average molecular weight is 556 g/mol. The first-order chi connectivity index (χ1) is 12.0. The quantitative estimate of drug-likeness (QED) is 0.226. The number of halogens is 2. The molecule has 0 unspecified atom stereocenters. The van der Waals surface area contributed by atoms with Gasteiger partial charge in [0.05, 0.1) is 10.6 Å². The summed E-state index contributed by atoms with van der Waals surface area (Å²) in [6.45, 7) is 1.82. The summed E-state index contributed by atoms with van der Waals surface area (Å²) in [4.78, 5) is 4.42. The number of nitrogens with zero attached hydrogens (tertiary/aromatic N) is 3. The summed E-state index contributed by atoms with van der Waals surface area (Å²) in [5, 5.41) is 10.3. The van der Waals surface area contributed by atoms with Gasteiger partial charge in [-0.1, -0.05) is 15.9 Å². The van der Waals surface area contributed by atoms with Crippen LogP contribution in [0, 0.1) is 0 Å². The van der Waals surface area contributed by atoms with Crippen molar-refractivity contribution < 1.29 is 8.42 Å². The highest BCUT2D eigenvalue weighted by atomic mass is 127. The van der Waals surface area contributed by atoms with E-state index in [9.17, 15) is 8.42 Å². The Kier molecular flexibility index (Phi) is 10.2. The minimum Gasteiger partial charge on any atom is -0.356 e. The molecule has 10 heteroatoms. The Morgan fingerprint density at radius 1 is 1.23 bits per heavy atom. The molecule has 1 aromatic carbocycles. The van der Waals surface area contributed by atoms with E-state index in [2.05, 4.69) is 36.7 Å². The lowest BCUT2D eigenvalue weighted by Crippen LogP contribution is -2.40. The number of hydrogen-bond acceptors (Lipinski definition) is 4. The summed E-state index contributed by atoms with van der Waals surface area (Å²) < 4.78 is 27.3. The van der Waals surface area contributed by atoms with Gasteiger partial charge in [-0.15, -0.1) is 24.0 Å². The number of guanidine groups is 1. The van der Waals surface area contributed by atoms with Gasteiger partial charge in [-0.3, -0.25) is 9.67 Å². The van der Waals surface area contributed by atoms with Crippen LogP contribution in [0.15, 0.2) is 57.1 Å². The van der Waals surface area contributed by atoms with Gasteiger partial charge in [-0.05, 0) is 36.8 Å². The van der Waals surface area contributed by atoms with Crippen LogP contribution < -0.4 is 10.6 Å². The van der Waals surface area contributed by atoms with E-state index in [0.717, 1.165) is 24.0 Å². The molecule has 0 saturated carbocycles. The molecule has 0 fully saturated rings. The molecular formula is C16H23BrIN5O2S. The van der Waals surface area contributed by atoms with E-state index >= 15 is 0 Å². The van der Waals surface area contributed by atoms with Gasteiger partial charge in [-0.25, -0.2) is 8.42 Å². The van der Waals surface area contributed by atoms with Gasteiger partial charge in [0, 0.05) is 43.5 Å². The lowest BCUT2D eigenvalue weighted by atomic mass is 10.4. The zero-order valence-electron chi connectivity index (χ0n) is 14.4. The number of aromatic nitrogens is 2. The van der Waals surface area contributed by atoms with E-state index in [1.807, 2.05) is 16.9 Å².